The number of Topliss-reactive ketones (excluding diaryl/α,β-unsaturated/α-hetero) is 1. The van der Waals surface area contributed by atoms with E-state index in [9.17, 15) is 41.4 Å². The Morgan fingerprint density at radius 2 is 1.20 bits per heavy atom. The first-order valence-electron chi connectivity index (χ1n) is 10.6. The summed E-state index contributed by atoms with van der Waals surface area (Å²) in [5.74, 6) is -0.0710. The summed E-state index contributed by atoms with van der Waals surface area (Å²) in [5, 5.41) is 26.9. The summed E-state index contributed by atoms with van der Waals surface area (Å²) in [7, 11) is 0.309. The highest BCUT2D eigenvalue weighted by Gasteiger charge is 2.52. The zero-order chi connectivity index (χ0) is 30.9. The van der Waals surface area contributed by atoms with Gasteiger partial charge in [-0.2, -0.15) is 26.3 Å². The average Bonchev–Trinajstić information content (AvgIpc) is 2.84. The van der Waals surface area contributed by atoms with Gasteiger partial charge in [-0.25, -0.2) is 0 Å². The normalized spacial score (nSPS) is 14.2. The highest BCUT2D eigenvalue weighted by atomic mass is 79.9. The molecule has 0 saturated heterocycles. The molecule has 0 saturated carbocycles. The number of aliphatic hydroxyl groups is 2. The van der Waals surface area contributed by atoms with E-state index in [2.05, 4.69) is 51.5 Å². The number of carbonyl (C=O) groups is 1. The van der Waals surface area contributed by atoms with Crippen LogP contribution in [-0.2, 0) is 11.2 Å². The number of rotatable bonds is 5. The molecule has 2 unspecified atom stereocenters. The predicted octanol–water partition coefficient (Wildman–Crippen LogP) is 5.42. The van der Waals surface area contributed by atoms with Crippen molar-refractivity contribution in [2.24, 2.45) is 0 Å². The van der Waals surface area contributed by atoms with Gasteiger partial charge >= 0.3 is 20.0 Å². The van der Waals surface area contributed by atoms with Gasteiger partial charge in [0.05, 0.1) is 6.20 Å². The molecular weight excluding hydrogens is 683 g/mol. The van der Waals surface area contributed by atoms with Crippen LogP contribution in [0.4, 0.5) is 26.3 Å². The zero-order valence-electron chi connectivity index (χ0n) is 20.8. The van der Waals surface area contributed by atoms with Gasteiger partial charge in [0.2, 0.25) is 0 Å². The molecule has 0 aliphatic carbocycles. The molecule has 0 aromatic carbocycles. The van der Waals surface area contributed by atoms with Crippen LogP contribution in [0.2, 0.25) is 0 Å². The van der Waals surface area contributed by atoms with E-state index in [1.54, 1.807) is 18.5 Å². The van der Waals surface area contributed by atoms with Gasteiger partial charge in [0.25, 0.3) is 0 Å². The van der Waals surface area contributed by atoms with E-state index in [-0.39, 0.29) is 17.1 Å². The molecule has 217 valence electrons. The fourth-order valence-electron chi connectivity index (χ4n) is 2.42. The van der Waals surface area contributed by atoms with E-state index < -0.39 is 29.1 Å². The van der Waals surface area contributed by atoms with Gasteiger partial charge in [-0.3, -0.25) is 19.7 Å². The molecule has 3 aromatic rings. The van der Waals surface area contributed by atoms with Crippen molar-refractivity contribution in [1.29, 1.82) is 0 Å². The number of halogens is 8. The molecule has 40 heavy (non-hydrogen) atoms. The first-order chi connectivity index (χ1) is 18.2. The molecule has 3 heterocycles. The predicted molar refractivity (Wildman–Crippen MR) is 138 cm³/mol. The fourth-order valence-corrected chi connectivity index (χ4v) is 3.15. The lowest BCUT2D eigenvalue weighted by Gasteiger charge is -2.26. The van der Waals surface area contributed by atoms with Gasteiger partial charge in [0, 0.05) is 56.6 Å². The molecule has 0 fully saturated rings. The SMILES string of the molecule is CC(=O)c1cncc(Br)c1.CC(O)(c1cncc(Br)c1)C(F)(F)F.CC(O)(c1cncc(O[B]O)c1)C(F)(F)F. The molecule has 3 aromatic heterocycles. The molecule has 1 radical (unpaired) electrons. The van der Waals surface area contributed by atoms with E-state index in [4.69, 9.17) is 5.02 Å². The molecule has 8 nitrogen and oxygen atoms in total. The number of pyridine rings is 3. The van der Waals surface area contributed by atoms with Crippen molar-refractivity contribution < 1.29 is 51.0 Å². The Kier molecular flexibility index (Phi) is 12.7. The van der Waals surface area contributed by atoms with E-state index in [0.29, 0.717) is 31.6 Å². The lowest BCUT2D eigenvalue weighted by atomic mass is 9.97. The number of alkyl halides is 6. The molecule has 0 amide bonds. The zero-order valence-corrected chi connectivity index (χ0v) is 24.0. The highest BCUT2D eigenvalue weighted by molar-refractivity contribution is 9.10. The van der Waals surface area contributed by atoms with Crippen molar-refractivity contribution in [3.63, 3.8) is 0 Å². The summed E-state index contributed by atoms with van der Waals surface area (Å²) >= 11 is 6.20. The first-order valence-corrected chi connectivity index (χ1v) is 12.2. The molecule has 3 N–H and O–H groups in total. The van der Waals surface area contributed by atoms with Crippen molar-refractivity contribution >= 4 is 45.3 Å². The summed E-state index contributed by atoms with van der Waals surface area (Å²) in [6, 6.07) is 3.86. The van der Waals surface area contributed by atoms with Crippen LogP contribution in [0.25, 0.3) is 0 Å². The molecule has 3 rings (SSSR count). The van der Waals surface area contributed by atoms with E-state index >= 15 is 0 Å². The standard InChI is InChI=1S/C8H8BF3NO3.C8H7BrF3NO.C7H6BrNO/c1-7(14,8(10,11)12)5-2-6(16-9-15)4-13-3-5;1-7(14,8(10,11)12)5-2-6(9)4-13-3-5;1-5(10)6-2-7(8)4-9-3-6/h2-4,14-15H,1H3;2-4,14H,1H3;2-4H,1H3. The Bertz CT molecular complexity index is 1280. The maximum atomic E-state index is 12.5. The second-order valence-corrected chi connectivity index (χ2v) is 9.94. The smallest absolute Gasteiger partial charge is 0.536 e. The van der Waals surface area contributed by atoms with Crippen LogP contribution >= 0.6 is 31.9 Å². The average molecular weight is 704 g/mol. The van der Waals surface area contributed by atoms with E-state index in [1.807, 2.05) is 0 Å². The monoisotopic (exact) mass is 702 g/mol. The van der Waals surface area contributed by atoms with Gasteiger partial charge in [-0.05, 0) is 70.8 Å². The van der Waals surface area contributed by atoms with E-state index in [1.165, 1.54) is 19.2 Å². The Balaban J connectivity index is 0.000000308. The number of aromatic nitrogens is 3. The molecule has 0 spiro atoms. The van der Waals surface area contributed by atoms with Gasteiger partial charge < -0.3 is 19.9 Å². The van der Waals surface area contributed by atoms with Gasteiger partial charge in [-0.15, -0.1) is 0 Å². The summed E-state index contributed by atoms with van der Waals surface area (Å²) in [6.07, 6.45) is -2.04. The van der Waals surface area contributed by atoms with Crippen LogP contribution in [0.3, 0.4) is 0 Å². The lowest BCUT2D eigenvalue weighted by Crippen LogP contribution is -2.39. The molecule has 0 aliphatic rings. The number of nitrogens with zero attached hydrogens (tertiary/aromatic N) is 3. The minimum Gasteiger partial charge on any atom is -0.536 e. The molecule has 0 aliphatic heterocycles. The number of hydrogen-bond donors (Lipinski definition) is 3. The van der Waals surface area contributed by atoms with Crippen molar-refractivity contribution in [2.45, 2.75) is 44.3 Å². The number of hydrogen-bond acceptors (Lipinski definition) is 8. The summed E-state index contributed by atoms with van der Waals surface area (Å²) in [6.45, 7) is 2.82. The maximum Gasteiger partial charge on any atom is 0.569 e. The second kappa shape index (κ2) is 14.3. The molecule has 17 heteroatoms. The quantitative estimate of drug-likeness (QED) is 0.183. The largest absolute Gasteiger partial charge is 0.569 e. The fraction of sp³-hybridized carbons (Fsp3) is 0.304. The minimum absolute atomic E-state index is 0.0359. The number of ketones is 1. The summed E-state index contributed by atoms with van der Waals surface area (Å²) in [4.78, 5) is 21.6. The Labute approximate surface area is 242 Å². The Hall–Kier alpha value is -2.60. The van der Waals surface area contributed by atoms with Gasteiger partial charge in [-0.1, -0.05) is 0 Å². The highest BCUT2D eigenvalue weighted by Crippen LogP contribution is 2.39. The minimum atomic E-state index is -4.82. The molecule has 0 bridgehead atoms. The third-order valence-electron chi connectivity index (χ3n) is 4.95. The van der Waals surface area contributed by atoms with Crippen LogP contribution in [0, 0.1) is 0 Å². The molecule has 2 atom stereocenters. The van der Waals surface area contributed by atoms with Crippen molar-refractivity contribution in [2.75, 3.05) is 0 Å². The lowest BCUT2D eigenvalue weighted by molar-refractivity contribution is -0.259. The Morgan fingerprint density at radius 1 is 0.775 bits per heavy atom. The van der Waals surface area contributed by atoms with Gasteiger partial charge in [0.1, 0.15) is 5.75 Å². The Morgan fingerprint density at radius 3 is 1.57 bits per heavy atom. The van der Waals surface area contributed by atoms with Crippen molar-refractivity contribution in [3.8, 4) is 5.75 Å². The maximum absolute atomic E-state index is 12.5. The molecular formula is C23H21BBr2F6N3O5. The second-order valence-electron chi connectivity index (χ2n) is 8.11. The van der Waals surface area contributed by atoms with Crippen LogP contribution in [0.15, 0.2) is 64.3 Å². The van der Waals surface area contributed by atoms with Crippen molar-refractivity contribution in [1.82, 2.24) is 15.0 Å². The summed E-state index contributed by atoms with van der Waals surface area (Å²) < 4.78 is 80.1. The van der Waals surface area contributed by atoms with Crippen LogP contribution < -0.4 is 4.65 Å². The van der Waals surface area contributed by atoms with Crippen LogP contribution in [-0.4, -0.2) is 56.0 Å². The van der Waals surface area contributed by atoms with E-state index in [0.717, 1.165) is 29.1 Å². The van der Waals surface area contributed by atoms with Crippen LogP contribution in [0.5, 0.6) is 5.75 Å². The summed E-state index contributed by atoms with van der Waals surface area (Å²) in [5.41, 5.74) is -6.02. The topological polar surface area (TPSA) is 126 Å². The first kappa shape index (κ1) is 35.4. The van der Waals surface area contributed by atoms with Crippen molar-refractivity contribution in [3.05, 3.63) is 81.0 Å². The van der Waals surface area contributed by atoms with Crippen LogP contribution in [0.1, 0.15) is 42.3 Å². The number of carbonyl (C=O) groups excluding carboxylic acids is 1. The third-order valence-corrected chi connectivity index (χ3v) is 5.81. The third kappa shape index (κ3) is 10.1. The van der Waals surface area contributed by atoms with Gasteiger partial charge in [0.15, 0.2) is 17.0 Å².